The minimum Gasteiger partial charge on any atom is -0.481 e. The van der Waals surface area contributed by atoms with Crippen LogP contribution in [0.3, 0.4) is 0 Å². The zero-order valence-electron chi connectivity index (χ0n) is 14.4. The second-order valence-electron chi connectivity index (χ2n) is 6.01. The Bertz CT molecular complexity index is 1190. The molecule has 28 heavy (non-hydrogen) atoms. The third-order valence-corrected chi connectivity index (χ3v) is 4.10. The normalized spacial score (nSPS) is 11.0. The minimum atomic E-state index is -1.08. The molecule has 0 spiro atoms. The van der Waals surface area contributed by atoms with Gasteiger partial charge in [0.1, 0.15) is 23.0 Å². The molecule has 0 atom stereocenters. The number of pyridine rings is 1. The Morgan fingerprint density at radius 1 is 1.18 bits per heavy atom. The van der Waals surface area contributed by atoms with Crippen LogP contribution in [0.25, 0.3) is 22.6 Å². The highest BCUT2D eigenvalue weighted by molar-refractivity contribution is 5.89. The standard InChI is InChI=1S/C18H14FN7O2/c19-12-6-2-1-4-10(12)9-26-18-11(5-3-7-21-18)15(25-26)17-22-16(20)13(23-24-17)8-14(27)28/h1-7H,8-9H2,(H,27,28)(H2,20,22,24). The van der Waals surface area contributed by atoms with Crippen LogP contribution in [0, 0.1) is 5.82 Å². The molecule has 0 fully saturated rings. The van der Waals surface area contributed by atoms with Crippen molar-refractivity contribution in [3.63, 3.8) is 0 Å². The van der Waals surface area contributed by atoms with Crippen molar-refractivity contribution in [3.8, 4) is 11.5 Å². The number of rotatable bonds is 5. The number of nitrogen functional groups attached to an aromatic ring is 1. The Morgan fingerprint density at radius 3 is 2.75 bits per heavy atom. The van der Waals surface area contributed by atoms with Crippen LogP contribution in [0.1, 0.15) is 11.3 Å². The van der Waals surface area contributed by atoms with Gasteiger partial charge in [0.15, 0.2) is 5.65 Å². The fourth-order valence-electron chi connectivity index (χ4n) is 2.80. The van der Waals surface area contributed by atoms with Crippen molar-refractivity contribution < 1.29 is 14.3 Å². The lowest BCUT2D eigenvalue weighted by Crippen LogP contribution is -2.10. The lowest BCUT2D eigenvalue weighted by atomic mass is 10.2. The van der Waals surface area contributed by atoms with Gasteiger partial charge in [0, 0.05) is 11.8 Å². The van der Waals surface area contributed by atoms with E-state index in [1.54, 1.807) is 41.2 Å². The van der Waals surface area contributed by atoms with E-state index in [9.17, 15) is 9.18 Å². The van der Waals surface area contributed by atoms with E-state index in [0.717, 1.165) is 0 Å². The van der Waals surface area contributed by atoms with Crippen LogP contribution in [0.4, 0.5) is 10.2 Å². The zero-order valence-corrected chi connectivity index (χ0v) is 14.4. The maximum Gasteiger partial charge on any atom is 0.309 e. The van der Waals surface area contributed by atoms with Gasteiger partial charge in [-0.1, -0.05) is 18.2 Å². The molecule has 0 bridgehead atoms. The number of carboxylic acids is 1. The van der Waals surface area contributed by atoms with Crippen LogP contribution in [0.15, 0.2) is 42.6 Å². The molecule has 0 radical (unpaired) electrons. The zero-order chi connectivity index (χ0) is 19.7. The molecule has 0 aliphatic rings. The van der Waals surface area contributed by atoms with E-state index in [-0.39, 0.29) is 36.1 Å². The lowest BCUT2D eigenvalue weighted by Gasteiger charge is -2.04. The monoisotopic (exact) mass is 379 g/mol. The minimum absolute atomic E-state index is 0.0342. The van der Waals surface area contributed by atoms with Gasteiger partial charge in [-0.15, -0.1) is 10.2 Å². The summed E-state index contributed by atoms with van der Waals surface area (Å²) in [5, 5.41) is 21.8. The Balaban J connectivity index is 1.79. The average molecular weight is 379 g/mol. The first kappa shape index (κ1) is 17.5. The fraction of sp³-hybridized carbons (Fsp3) is 0.111. The quantitative estimate of drug-likeness (QED) is 0.535. The van der Waals surface area contributed by atoms with Gasteiger partial charge < -0.3 is 10.8 Å². The van der Waals surface area contributed by atoms with Crippen molar-refractivity contribution in [1.82, 2.24) is 29.9 Å². The van der Waals surface area contributed by atoms with Crippen molar-refractivity contribution in [2.24, 2.45) is 0 Å². The predicted octanol–water partition coefficient (Wildman–Crippen LogP) is 1.68. The molecule has 9 nitrogen and oxygen atoms in total. The first-order chi connectivity index (χ1) is 13.5. The number of benzene rings is 1. The highest BCUT2D eigenvalue weighted by atomic mass is 19.1. The third-order valence-electron chi connectivity index (χ3n) is 4.10. The molecule has 0 unspecified atom stereocenters. The Morgan fingerprint density at radius 2 is 2.00 bits per heavy atom. The van der Waals surface area contributed by atoms with E-state index in [0.29, 0.717) is 22.3 Å². The van der Waals surface area contributed by atoms with Crippen LogP contribution in [0.5, 0.6) is 0 Å². The van der Waals surface area contributed by atoms with Crippen LogP contribution >= 0.6 is 0 Å². The second-order valence-corrected chi connectivity index (χ2v) is 6.01. The smallest absolute Gasteiger partial charge is 0.309 e. The van der Waals surface area contributed by atoms with Gasteiger partial charge in [-0.2, -0.15) is 5.10 Å². The van der Waals surface area contributed by atoms with Gasteiger partial charge in [0.05, 0.1) is 18.4 Å². The van der Waals surface area contributed by atoms with Gasteiger partial charge in [-0.05, 0) is 18.2 Å². The number of aliphatic carboxylic acids is 1. The van der Waals surface area contributed by atoms with Gasteiger partial charge in [0.25, 0.3) is 0 Å². The molecule has 0 saturated carbocycles. The van der Waals surface area contributed by atoms with Gasteiger partial charge >= 0.3 is 5.97 Å². The molecular formula is C18H14FN7O2. The number of hydrogen-bond donors (Lipinski definition) is 2. The number of carboxylic acid groups (broad SMARTS) is 1. The molecule has 3 aromatic heterocycles. The molecule has 4 rings (SSSR count). The van der Waals surface area contributed by atoms with Crippen LogP contribution in [-0.4, -0.2) is 41.0 Å². The number of hydrogen-bond acceptors (Lipinski definition) is 7. The van der Waals surface area contributed by atoms with Crippen LogP contribution in [0.2, 0.25) is 0 Å². The summed E-state index contributed by atoms with van der Waals surface area (Å²) in [5.41, 5.74) is 7.26. The van der Waals surface area contributed by atoms with E-state index in [1.807, 2.05) is 0 Å². The first-order valence-corrected chi connectivity index (χ1v) is 8.29. The van der Waals surface area contributed by atoms with E-state index in [4.69, 9.17) is 10.8 Å². The van der Waals surface area contributed by atoms with Gasteiger partial charge in [-0.3, -0.25) is 4.79 Å². The number of carbonyl (C=O) groups is 1. The van der Waals surface area contributed by atoms with Crippen LogP contribution in [-0.2, 0) is 17.8 Å². The molecule has 4 aromatic rings. The molecule has 10 heteroatoms. The molecule has 140 valence electrons. The Hall–Kier alpha value is -3.95. The largest absolute Gasteiger partial charge is 0.481 e. The van der Waals surface area contributed by atoms with E-state index >= 15 is 0 Å². The number of fused-ring (bicyclic) bond motifs is 1. The summed E-state index contributed by atoms with van der Waals surface area (Å²) in [6, 6.07) is 9.92. The molecule has 0 amide bonds. The number of anilines is 1. The maximum atomic E-state index is 14.0. The summed E-state index contributed by atoms with van der Waals surface area (Å²) >= 11 is 0. The number of nitrogens with zero attached hydrogens (tertiary/aromatic N) is 6. The van der Waals surface area contributed by atoms with Gasteiger partial charge in [0.2, 0.25) is 5.82 Å². The fourth-order valence-corrected chi connectivity index (χ4v) is 2.80. The molecule has 0 aliphatic heterocycles. The van der Waals surface area contributed by atoms with Crippen molar-refractivity contribution in [1.29, 1.82) is 0 Å². The summed E-state index contributed by atoms with van der Waals surface area (Å²) in [4.78, 5) is 19.3. The van der Waals surface area contributed by atoms with Crippen molar-refractivity contribution >= 4 is 22.8 Å². The van der Waals surface area contributed by atoms with Crippen molar-refractivity contribution in [3.05, 3.63) is 59.7 Å². The van der Waals surface area contributed by atoms with E-state index in [1.165, 1.54) is 6.07 Å². The molecule has 0 saturated heterocycles. The van der Waals surface area contributed by atoms with Crippen molar-refractivity contribution in [2.75, 3.05) is 5.73 Å². The Labute approximate surface area is 157 Å². The van der Waals surface area contributed by atoms with E-state index < -0.39 is 5.97 Å². The number of nitrogens with two attached hydrogens (primary N) is 1. The SMILES string of the molecule is Nc1nc(-c2nn(Cc3ccccc3F)c3ncccc23)nnc1CC(=O)O. The summed E-state index contributed by atoms with van der Waals surface area (Å²) in [7, 11) is 0. The lowest BCUT2D eigenvalue weighted by molar-refractivity contribution is -0.136. The van der Waals surface area contributed by atoms with Crippen molar-refractivity contribution in [2.45, 2.75) is 13.0 Å². The summed E-state index contributed by atoms with van der Waals surface area (Å²) in [6.07, 6.45) is 1.23. The third kappa shape index (κ3) is 3.22. The molecule has 3 heterocycles. The molecule has 0 aliphatic carbocycles. The highest BCUT2D eigenvalue weighted by Gasteiger charge is 2.19. The topological polar surface area (TPSA) is 133 Å². The first-order valence-electron chi connectivity index (χ1n) is 8.29. The Kier molecular flexibility index (Phi) is 4.36. The van der Waals surface area contributed by atoms with Gasteiger partial charge in [-0.25, -0.2) is 19.0 Å². The maximum absolute atomic E-state index is 14.0. The molecule has 3 N–H and O–H groups in total. The molecule has 1 aromatic carbocycles. The summed E-state index contributed by atoms with van der Waals surface area (Å²) in [6.45, 7) is 0.167. The predicted molar refractivity (Wildman–Crippen MR) is 97.6 cm³/mol. The second kappa shape index (κ2) is 6.99. The average Bonchev–Trinajstić information content (AvgIpc) is 3.04. The highest BCUT2D eigenvalue weighted by Crippen LogP contribution is 2.25. The summed E-state index contributed by atoms with van der Waals surface area (Å²) in [5.74, 6) is -1.33. The number of aromatic nitrogens is 6. The molecular weight excluding hydrogens is 365 g/mol. The summed E-state index contributed by atoms with van der Waals surface area (Å²) < 4.78 is 15.6. The number of halogens is 1. The van der Waals surface area contributed by atoms with Crippen LogP contribution < -0.4 is 5.73 Å². The van der Waals surface area contributed by atoms with E-state index in [2.05, 4.69) is 25.3 Å².